The number of hydrogen-bond donors (Lipinski definition) is 0. The second kappa shape index (κ2) is 21.1. The number of benzene rings is 1. The Balaban J connectivity index is 2.03. The van der Waals surface area contributed by atoms with Crippen molar-refractivity contribution in [1.29, 1.82) is 0 Å². The minimum atomic E-state index is -1.84. The Morgan fingerprint density at radius 3 is 1.19 bits per heavy atom. The first kappa shape index (κ1) is 47.3. The van der Waals surface area contributed by atoms with Crippen LogP contribution in [0.5, 0.6) is 17.2 Å². The van der Waals surface area contributed by atoms with Gasteiger partial charge in [-0.2, -0.15) is 0 Å². The van der Waals surface area contributed by atoms with E-state index >= 15 is 0 Å². The van der Waals surface area contributed by atoms with Crippen LogP contribution in [-0.2, 0) is 90.5 Å². The van der Waals surface area contributed by atoms with Gasteiger partial charge in [0.05, 0.1) is 28.4 Å². The van der Waals surface area contributed by atoms with Crippen LogP contribution >= 0.6 is 0 Å². The van der Waals surface area contributed by atoms with Crippen LogP contribution in [0.25, 0.3) is 0 Å². The average Bonchev–Trinajstić information content (AvgIpc) is 3.15. The van der Waals surface area contributed by atoms with Gasteiger partial charge in [0.25, 0.3) is 0 Å². The Bertz CT molecular complexity index is 1750. The lowest BCUT2D eigenvalue weighted by Gasteiger charge is -2.43. The SMILES string of the molecule is COC(=O)[C@@H]1O[C@H](OCC(=O)c2cc(OC)c(O[C@H]3O[C@@H](C(=O)OC)[C@H](OC(C)=O)[C@@H](OC(C)=O)[C@@H]3OC(C)=O)c(OC)c2)[C@@H](OC(C)=O)[C@H](OC(C)=O)[C@H]1OC(C)=O. The summed E-state index contributed by atoms with van der Waals surface area (Å²) in [7, 11) is 4.35. The molecule has 0 unspecified atom stereocenters. The first-order valence-electron chi connectivity index (χ1n) is 17.3. The van der Waals surface area contributed by atoms with E-state index in [0.29, 0.717) is 0 Å². The molecule has 10 atom stereocenters. The molecule has 1 aromatic carbocycles. The van der Waals surface area contributed by atoms with Crippen LogP contribution in [0.15, 0.2) is 12.1 Å². The maximum Gasteiger partial charge on any atom is 0.339 e. The number of Topliss-reactive ketones (excluding diaryl/α,β-unsaturated/α-hetero) is 1. The van der Waals surface area contributed by atoms with Crippen molar-refractivity contribution >= 4 is 53.5 Å². The van der Waals surface area contributed by atoms with Crippen LogP contribution in [0.1, 0.15) is 51.9 Å². The van der Waals surface area contributed by atoms with Crippen LogP contribution < -0.4 is 14.2 Å². The molecule has 0 amide bonds. The quantitative estimate of drug-likeness (QED) is 0.117. The van der Waals surface area contributed by atoms with Crippen LogP contribution in [0.4, 0.5) is 0 Å². The Labute approximate surface area is 335 Å². The molecule has 23 nitrogen and oxygen atoms in total. The third-order valence-corrected chi connectivity index (χ3v) is 8.06. The van der Waals surface area contributed by atoms with E-state index in [9.17, 15) is 43.2 Å². The van der Waals surface area contributed by atoms with Crippen LogP contribution in [0.2, 0.25) is 0 Å². The van der Waals surface area contributed by atoms with Crippen molar-refractivity contribution in [3.05, 3.63) is 17.7 Å². The Morgan fingerprint density at radius 2 is 0.831 bits per heavy atom. The molecular formula is C36H44O23. The molecule has 0 bridgehead atoms. The third-order valence-electron chi connectivity index (χ3n) is 8.06. The highest BCUT2D eigenvalue weighted by Crippen LogP contribution is 2.42. The minimum absolute atomic E-state index is 0.175. The van der Waals surface area contributed by atoms with E-state index in [0.717, 1.165) is 67.9 Å². The lowest BCUT2D eigenvalue weighted by molar-refractivity contribution is -0.299. The van der Waals surface area contributed by atoms with Crippen molar-refractivity contribution in [3.8, 4) is 17.2 Å². The molecule has 0 radical (unpaired) electrons. The normalized spacial score (nSPS) is 26.1. The van der Waals surface area contributed by atoms with Crippen molar-refractivity contribution < 1.29 is 109 Å². The summed E-state index contributed by atoms with van der Waals surface area (Å²) in [4.78, 5) is 112. The van der Waals surface area contributed by atoms with Gasteiger partial charge >= 0.3 is 47.8 Å². The van der Waals surface area contributed by atoms with E-state index in [1.54, 1.807) is 0 Å². The van der Waals surface area contributed by atoms with E-state index in [4.69, 9.17) is 66.3 Å². The summed E-state index contributed by atoms with van der Waals surface area (Å²) in [6.07, 6.45) is -17.4. The molecule has 0 N–H and O–H groups in total. The smallest absolute Gasteiger partial charge is 0.339 e. The van der Waals surface area contributed by atoms with Crippen molar-refractivity contribution in [2.75, 3.05) is 35.0 Å². The number of ether oxygens (including phenoxy) is 14. The summed E-state index contributed by atoms with van der Waals surface area (Å²) in [5.41, 5.74) is -0.175. The zero-order valence-corrected chi connectivity index (χ0v) is 33.5. The van der Waals surface area contributed by atoms with Gasteiger partial charge in [0.2, 0.25) is 18.1 Å². The summed E-state index contributed by atoms with van der Waals surface area (Å²) in [6, 6.07) is 2.30. The highest BCUT2D eigenvalue weighted by Gasteiger charge is 2.57. The zero-order valence-electron chi connectivity index (χ0n) is 33.5. The molecular weight excluding hydrogens is 800 g/mol. The molecule has 2 heterocycles. The molecule has 59 heavy (non-hydrogen) atoms. The summed E-state index contributed by atoms with van der Waals surface area (Å²) < 4.78 is 75.6. The highest BCUT2D eigenvalue weighted by molar-refractivity contribution is 5.98. The van der Waals surface area contributed by atoms with Crippen molar-refractivity contribution in [2.45, 2.75) is 103 Å². The number of ketones is 1. The Hall–Kier alpha value is -6.07. The van der Waals surface area contributed by atoms with Crippen molar-refractivity contribution in [3.63, 3.8) is 0 Å². The number of rotatable bonds is 16. The third kappa shape index (κ3) is 12.2. The first-order chi connectivity index (χ1) is 27.8. The average molecular weight is 845 g/mol. The number of carbonyl (C=O) groups excluding carboxylic acids is 9. The van der Waals surface area contributed by atoms with Gasteiger partial charge in [-0.15, -0.1) is 0 Å². The highest BCUT2D eigenvalue weighted by atomic mass is 16.8. The molecule has 23 heteroatoms. The molecule has 326 valence electrons. The molecule has 2 fully saturated rings. The second-order valence-electron chi connectivity index (χ2n) is 12.4. The molecule has 2 aliphatic heterocycles. The largest absolute Gasteiger partial charge is 0.493 e. The lowest BCUT2D eigenvalue weighted by Crippen LogP contribution is -2.64. The van der Waals surface area contributed by atoms with E-state index in [-0.39, 0.29) is 22.8 Å². The van der Waals surface area contributed by atoms with Gasteiger partial charge in [0, 0.05) is 47.1 Å². The van der Waals surface area contributed by atoms with Crippen molar-refractivity contribution in [1.82, 2.24) is 0 Å². The standard InChI is InChI=1S/C36H44O23/c1-14(37)51-25-27(53-16(3)39)31(55-18(5)41)35(58-29(25)33(44)48-9)50-13-21(43)20-11-22(46-7)24(23(12-20)47-8)57-36-32(56-19(6)42)28(54-17(4)40)26(52-15(2)38)30(59-36)34(45)49-10/h11-12,25-32,35-36H,13H2,1-10H3/t25-,26-,27-,28-,29-,30-,31+,32+,35+,36+/m1/s1. The molecule has 0 aromatic heterocycles. The van der Waals surface area contributed by atoms with E-state index in [1.807, 2.05) is 0 Å². The fourth-order valence-corrected chi connectivity index (χ4v) is 5.90. The fourth-order valence-electron chi connectivity index (χ4n) is 5.90. The van der Waals surface area contributed by atoms with E-state index in [2.05, 4.69) is 0 Å². The van der Waals surface area contributed by atoms with Crippen LogP contribution in [0.3, 0.4) is 0 Å². The van der Waals surface area contributed by atoms with Gasteiger partial charge in [-0.25, -0.2) is 9.59 Å². The van der Waals surface area contributed by atoms with Crippen molar-refractivity contribution in [2.24, 2.45) is 0 Å². The number of esters is 8. The van der Waals surface area contributed by atoms with Gasteiger partial charge in [-0.3, -0.25) is 33.6 Å². The first-order valence-corrected chi connectivity index (χ1v) is 17.3. The maximum atomic E-state index is 13.7. The van der Waals surface area contributed by atoms with Gasteiger partial charge in [-0.1, -0.05) is 0 Å². The summed E-state index contributed by atoms with van der Waals surface area (Å²) in [6.45, 7) is 5.14. The molecule has 1 aromatic rings. The zero-order chi connectivity index (χ0) is 44.3. The molecule has 3 rings (SSSR count). The topological polar surface area (TPSA) is 283 Å². The number of hydrogen-bond acceptors (Lipinski definition) is 23. The predicted octanol–water partition coefficient (Wildman–Crippen LogP) is -0.332. The van der Waals surface area contributed by atoms with Gasteiger partial charge in [0.1, 0.15) is 6.61 Å². The number of methoxy groups -OCH3 is 4. The second-order valence-corrected chi connectivity index (χ2v) is 12.4. The summed E-state index contributed by atoms with van der Waals surface area (Å²) in [5, 5.41) is 0. The van der Waals surface area contributed by atoms with E-state index in [1.165, 1.54) is 14.2 Å². The van der Waals surface area contributed by atoms with Gasteiger partial charge < -0.3 is 66.3 Å². The van der Waals surface area contributed by atoms with Gasteiger partial charge in [-0.05, 0) is 12.1 Å². The van der Waals surface area contributed by atoms with E-state index < -0.39 is 122 Å². The lowest BCUT2D eigenvalue weighted by atomic mass is 9.97. The Morgan fingerprint density at radius 1 is 0.492 bits per heavy atom. The van der Waals surface area contributed by atoms with Crippen LogP contribution in [-0.4, -0.2) is 150 Å². The number of carbonyl (C=O) groups is 9. The minimum Gasteiger partial charge on any atom is -0.493 e. The summed E-state index contributed by atoms with van der Waals surface area (Å²) >= 11 is 0. The monoisotopic (exact) mass is 844 g/mol. The summed E-state index contributed by atoms with van der Waals surface area (Å²) in [5.74, 6) is -9.36. The van der Waals surface area contributed by atoms with Crippen LogP contribution in [0, 0.1) is 0 Å². The van der Waals surface area contributed by atoms with Gasteiger partial charge in [0.15, 0.2) is 66.3 Å². The molecule has 0 aliphatic carbocycles. The molecule has 0 spiro atoms. The fraction of sp³-hybridized carbons (Fsp3) is 0.583. The Kier molecular flexibility index (Phi) is 16.9. The molecule has 2 saturated heterocycles. The predicted molar refractivity (Wildman–Crippen MR) is 185 cm³/mol. The maximum absolute atomic E-state index is 13.7. The molecule has 0 saturated carbocycles. The molecule has 2 aliphatic rings.